The number of ether oxygens (including phenoxy) is 3. The second-order valence-electron chi connectivity index (χ2n) is 6.59. The van der Waals surface area contributed by atoms with Gasteiger partial charge < -0.3 is 19.5 Å². The number of hydrogen-bond acceptors (Lipinski definition) is 7. The molecule has 8 nitrogen and oxygen atoms in total. The van der Waals surface area contributed by atoms with Crippen LogP contribution in [0.5, 0.6) is 11.5 Å². The van der Waals surface area contributed by atoms with Gasteiger partial charge in [0.15, 0.2) is 11.6 Å². The molecule has 3 rings (SSSR count). The summed E-state index contributed by atoms with van der Waals surface area (Å²) in [5, 5.41) is 2.61. The molecule has 1 aromatic carbocycles. The monoisotopic (exact) mass is 466 g/mol. The SMILES string of the molecule is COCC(NC(=O)c1cncc(-c2ccc(OC)cn2)n1)c1ccc(OC(F)(F)F)c(F)c1. The van der Waals surface area contributed by atoms with Crippen molar-refractivity contribution in [3.8, 4) is 22.9 Å². The average molecular weight is 466 g/mol. The number of carbonyl (C=O) groups excluding carboxylic acids is 1. The van der Waals surface area contributed by atoms with Crippen LogP contribution < -0.4 is 14.8 Å². The third-order valence-corrected chi connectivity index (χ3v) is 4.32. The first-order chi connectivity index (χ1) is 15.7. The molecule has 1 unspecified atom stereocenters. The lowest BCUT2D eigenvalue weighted by molar-refractivity contribution is -0.275. The van der Waals surface area contributed by atoms with Gasteiger partial charge in [0.2, 0.25) is 0 Å². The number of halogens is 4. The lowest BCUT2D eigenvalue weighted by Gasteiger charge is -2.19. The van der Waals surface area contributed by atoms with Crippen molar-refractivity contribution in [3.05, 3.63) is 66.0 Å². The molecule has 0 radical (unpaired) electrons. The molecule has 0 fully saturated rings. The predicted molar refractivity (Wildman–Crippen MR) is 107 cm³/mol. The van der Waals surface area contributed by atoms with Gasteiger partial charge in [0.25, 0.3) is 5.91 Å². The van der Waals surface area contributed by atoms with Gasteiger partial charge in [0.1, 0.15) is 17.1 Å². The normalized spacial score (nSPS) is 12.2. The Morgan fingerprint density at radius 2 is 1.88 bits per heavy atom. The van der Waals surface area contributed by atoms with Gasteiger partial charge in [-0.1, -0.05) is 6.07 Å². The minimum absolute atomic E-state index is 0.0521. The van der Waals surface area contributed by atoms with E-state index in [0.29, 0.717) is 17.1 Å². The maximum absolute atomic E-state index is 14.1. The van der Waals surface area contributed by atoms with Crippen molar-refractivity contribution < 1.29 is 36.6 Å². The number of alkyl halides is 3. The fraction of sp³-hybridized carbons (Fsp3) is 0.238. The zero-order valence-corrected chi connectivity index (χ0v) is 17.4. The second kappa shape index (κ2) is 10.2. The summed E-state index contributed by atoms with van der Waals surface area (Å²) in [6.45, 7) is -0.0855. The van der Waals surface area contributed by atoms with Crippen LogP contribution in [-0.2, 0) is 4.74 Å². The number of carbonyl (C=O) groups is 1. The molecule has 1 N–H and O–H groups in total. The lowest BCUT2D eigenvalue weighted by Crippen LogP contribution is -2.32. The molecule has 3 aromatic rings. The molecule has 2 aromatic heterocycles. The molecule has 0 saturated carbocycles. The quantitative estimate of drug-likeness (QED) is 0.506. The van der Waals surface area contributed by atoms with Crippen molar-refractivity contribution in [1.82, 2.24) is 20.3 Å². The van der Waals surface area contributed by atoms with E-state index in [2.05, 4.69) is 25.0 Å². The van der Waals surface area contributed by atoms with Crippen LogP contribution in [-0.4, -0.2) is 48.0 Å². The summed E-state index contributed by atoms with van der Waals surface area (Å²) in [5.41, 5.74) is 0.892. The largest absolute Gasteiger partial charge is 0.573 e. The first-order valence-electron chi connectivity index (χ1n) is 9.37. The third-order valence-electron chi connectivity index (χ3n) is 4.32. The van der Waals surface area contributed by atoms with Gasteiger partial charge in [-0.25, -0.2) is 9.37 Å². The Kier molecular flexibility index (Phi) is 7.38. The molecule has 174 valence electrons. The Hall–Kier alpha value is -3.80. The molecule has 33 heavy (non-hydrogen) atoms. The van der Waals surface area contributed by atoms with Gasteiger partial charge in [0, 0.05) is 7.11 Å². The topological polar surface area (TPSA) is 95.5 Å². The number of rotatable bonds is 8. The molecule has 2 heterocycles. The van der Waals surface area contributed by atoms with E-state index in [-0.39, 0.29) is 17.9 Å². The van der Waals surface area contributed by atoms with Gasteiger partial charge in [-0.15, -0.1) is 13.2 Å². The van der Waals surface area contributed by atoms with Crippen molar-refractivity contribution in [2.24, 2.45) is 0 Å². The van der Waals surface area contributed by atoms with Crippen LogP contribution in [0.15, 0.2) is 48.9 Å². The van der Waals surface area contributed by atoms with Crippen molar-refractivity contribution in [1.29, 1.82) is 0 Å². The Balaban J connectivity index is 1.80. The van der Waals surface area contributed by atoms with Crippen molar-refractivity contribution in [2.45, 2.75) is 12.4 Å². The minimum atomic E-state index is -5.04. The van der Waals surface area contributed by atoms with Gasteiger partial charge in [-0.3, -0.25) is 14.8 Å². The number of pyridine rings is 1. The highest BCUT2D eigenvalue weighted by molar-refractivity contribution is 5.92. The highest BCUT2D eigenvalue weighted by Crippen LogP contribution is 2.28. The molecule has 0 aliphatic carbocycles. The number of nitrogens with zero attached hydrogens (tertiary/aromatic N) is 3. The van der Waals surface area contributed by atoms with Crippen molar-refractivity contribution in [3.63, 3.8) is 0 Å². The van der Waals surface area contributed by atoms with E-state index in [1.807, 2.05) is 0 Å². The third kappa shape index (κ3) is 6.35. The molecule has 0 aliphatic heterocycles. The first kappa shape index (κ1) is 23.9. The molecular formula is C21H18F4N4O4. The predicted octanol–water partition coefficient (Wildman–Crippen LogP) is 3.70. The second-order valence-corrected chi connectivity index (χ2v) is 6.59. The van der Waals surface area contributed by atoms with Crippen LogP contribution >= 0.6 is 0 Å². The van der Waals surface area contributed by atoms with Crippen LogP contribution in [0.3, 0.4) is 0 Å². The van der Waals surface area contributed by atoms with E-state index in [1.54, 1.807) is 12.1 Å². The van der Waals surface area contributed by atoms with Crippen LogP contribution in [0.2, 0.25) is 0 Å². The molecule has 0 aliphatic rings. The Bertz CT molecular complexity index is 1110. The van der Waals surface area contributed by atoms with Crippen LogP contribution in [0.1, 0.15) is 22.1 Å². The summed E-state index contributed by atoms with van der Waals surface area (Å²) < 4.78 is 64.9. The highest BCUT2D eigenvalue weighted by Gasteiger charge is 2.32. The highest BCUT2D eigenvalue weighted by atomic mass is 19.4. The van der Waals surface area contributed by atoms with Gasteiger partial charge in [0.05, 0.1) is 44.0 Å². The molecular weight excluding hydrogens is 448 g/mol. The summed E-state index contributed by atoms with van der Waals surface area (Å²) in [6.07, 6.45) is -0.899. The average Bonchev–Trinajstić information content (AvgIpc) is 2.79. The molecule has 0 spiro atoms. The standard InChI is InChI=1S/C21H18F4N4O4/c1-31-11-18(12-3-6-19(14(22)7-12)33-21(23,24)25)29-20(30)17-10-26-9-16(28-17)15-5-4-13(32-2)8-27-15/h3-10,18H,11H2,1-2H3,(H,29,30). The first-order valence-corrected chi connectivity index (χ1v) is 9.37. The molecule has 1 atom stereocenters. The molecule has 0 bridgehead atoms. The maximum atomic E-state index is 14.1. The number of nitrogens with one attached hydrogen (secondary N) is 1. The van der Waals surface area contributed by atoms with E-state index in [4.69, 9.17) is 9.47 Å². The van der Waals surface area contributed by atoms with Gasteiger partial charge in [-0.05, 0) is 29.8 Å². The van der Waals surface area contributed by atoms with Crippen LogP contribution in [0.25, 0.3) is 11.4 Å². The molecule has 0 saturated heterocycles. The van der Waals surface area contributed by atoms with Crippen LogP contribution in [0.4, 0.5) is 17.6 Å². The zero-order chi connectivity index (χ0) is 24.0. The van der Waals surface area contributed by atoms with Crippen molar-refractivity contribution >= 4 is 5.91 Å². The maximum Gasteiger partial charge on any atom is 0.573 e. The lowest BCUT2D eigenvalue weighted by atomic mass is 10.1. The zero-order valence-electron chi connectivity index (χ0n) is 17.4. The van der Waals surface area contributed by atoms with E-state index in [0.717, 1.165) is 12.1 Å². The van der Waals surface area contributed by atoms with E-state index < -0.39 is 29.9 Å². The Morgan fingerprint density at radius 1 is 1.09 bits per heavy atom. The van der Waals surface area contributed by atoms with E-state index in [9.17, 15) is 22.4 Å². The van der Waals surface area contributed by atoms with Gasteiger partial charge in [-0.2, -0.15) is 0 Å². The Morgan fingerprint density at radius 3 is 2.48 bits per heavy atom. The van der Waals surface area contributed by atoms with Gasteiger partial charge >= 0.3 is 6.36 Å². The summed E-state index contributed by atoms with van der Waals surface area (Å²) >= 11 is 0. The number of hydrogen-bond donors (Lipinski definition) is 1. The van der Waals surface area contributed by atoms with Crippen LogP contribution in [0, 0.1) is 5.82 Å². The number of amides is 1. The minimum Gasteiger partial charge on any atom is -0.495 e. The van der Waals surface area contributed by atoms with E-state index >= 15 is 0 Å². The summed E-state index contributed by atoms with van der Waals surface area (Å²) in [4.78, 5) is 25.2. The number of benzene rings is 1. The molecule has 12 heteroatoms. The number of aromatic nitrogens is 3. The molecule has 1 amide bonds. The fourth-order valence-electron chi connectivity index (χ4n) is 2.81. The summed E-state index contributed by atoms with van der Waals surface area (Å²) in [5.74, 6) is -2.34. The number of methoxy groups -OCH3 is 2. The summed E-state index contributed by atoms with van der Waals surface area (Å²) in [7, 11) is 2.85. The van der Waals surface area contributed by atoms with Crippen molar-refractivity contribution in [2.75, 3.05) is 20.8 Å². The fourth-order valence-corrected chi connectivity index (χ4v) is 2.81. The van der Waals surface area contributed by atoms with E-state index in [1.165, 1.54) is 38.9 Å². The summed E-state index contributed by atoms with van der Waals surface area (Å²) in [6, 6.07) is 5.27. The Labute approximate surface area is 185 Å². The smallest absolute Gasteiger partial charge is 0.495 e.